The van der Waals surface area contributed by atoms with Gasteiger partial charge in [-0.2, -0.15) is 0 Å². The molecular formula is C11H13NO3S. The van der Waals surface area contributed by atoms with Crippen molar-refractivity contribution >= 4 is 22.0 Å². The largest absolute Gasteiger partial charge is 0.512 e. The number of rotatable bonds is 3. The highest BCUT2D eigenvalue weighted by Gasteiger charge is 2.08. The molecular weight excluding hydrogens is 226 g/mol. The highest BCUT2D eigenvalue weighted by molar-refractivity contribution is 7.72. The predicted octanol–water partition coefficient (Wildman–Crippen LogP) is 1.99. The first-order valence-electron chi connectivity index (χ1n) is 4.63. The van der Waals surface area contributed by atoms with Crippen LogP contribution in [0.4, 0.5) is 0 Å². The summed E-state index contributed by atoms with van der Waals surface area (Å²) in [5, 5.41) is 17.0. The molecule has 0 atom stereocenters. The van der Waals surface area contributed by atoms with Gasteiger partial charge in [-0.3, -0.25) is 0 Å². The molecule has 0 spiro atoms. The zero-order valence-electron chi connectivity index (χ0n) is 9.02. The molecule has 1 aromatic carbocycles. The van der Waals surface area contributed by atoms with Gasteiger partial charge in [-0.05, 0) is 31.5 Å². The second-order valence-corrected chi connectivity index (χ2v) is 4.42. The van der Waals surface area contributed by atoms with Crippen LogP contribution < -0.4 is 0 Å². The summed E-state index contributed by atoms with van der Waals surface area (Å²) in [6.07, 6.45) is 0. The smallest absolute Gasteiger partial charge is 0.168 e. The topological polar surface area (TPSA) is 78.2 Å². The Morgan fingerprint density at radius 2 is 1.69 bits per heavy atom. The minimum atomic E-state index is -2.59. The average Bonchev–Trinajstić information content (AvgIpc) is 2.17. The normalized spacial score (nSPS) is 12.4. The Labute approximate surface area is 95.7 Å². The minimum absolute atomic E-state index is 0.0479. The summed E-state index contributed by atoms with van der Waals surface area (Å²) < 4.78 is 21.4. The van der Waals surface area contributed by atoms with Gasteiger partial charge in [-0.25, -0.2) is 8.42 Å². The Kier molecular flexibility index (Phi) is 3.84. The number of thiol groups is 1. The lowest BCUT2D eigenvalue weighted by molar-refractivity contribution is 0.418. The van der Waals surface area contributed by atoms with Gasteiger partial charge >= 0.3 is 0 Å². The fourth-order valence-electron chi connectivity index (χ4n) is 1.45. The molecule has 0 aliphatic heterocycles. The molecule has 0 aromatic heterocycles. The van der Waals surface area contributed by atoms with E-state index in [-0.39, 0.29) is 16.4 Å². The van der Waals surface area contributed by atoms with Gasteiger partial charge in [0.15, 0.2) is 10.7 Å². The van der Waals surface area contributed by atoms with Gasteiger partial charge in [0, 0.05) is 11.3 Å². The van der Waals surface area contributed by atoms with Gasteiger partial charge in [0.25, 0.3) is 0 Å². The molecule has 0 heterocycles. The molecule has 0 saturated heterocycles. The lowest BCUT2D eigenvalue weighted by Crippen LogP contribution is -1.98. The van der Waals surface area contributed by atoms with Gasteiger partial charge in [0.2, 0.25) is 0 Å². The van der Waals surface area contributed by atoms with E-state index in [1.165, 1.54) is 19.1 Å². The van der Waals surface area contributed by atoms with Crippen LogP contribution in [0.25, 0.3) is 5.57 Å². The highest BCUT2D eigenvalue weighted by atomic mass is 32.2. The summed E-state index contributed by atoms with van der Waals surface area (Å²) in [4.78, 5) is 0.219. The van der Waals surface area contributed by atoms with Crippen LogP contribution >= 0.6 is 0 Å². The molecule has 5 heteroatoms. The second-order valence-electron chi connectivity index (χ2n) is 3.39. The molecule has 0 fully saturated rings. The first kappa shape index (κ1) is 12.4. The molecule has 4 nitrogen and oxygen atoms in total. The molecule has 0 bridgehead atoms. The lowest BCUT2D eigenvalue weighted by atomic mass is 10.0. The van der Waals surface area contributed by atoms with Gasteiger partial charge in [0.05, 0.1) is 10.7 Å². The molecule has 16 heavy (non-hydrogen) atoms. The molecule has 1 aromatic rings. The van der Waals surface area contributed by atoms with E-state index in [1.54, 1.807) is 19.1 Å². The molecule has 0 aliphatic carbocycles. The van der Waals surface area contributed by atoms with E-state index < -0.39 is 10.7 Å². The number of allylic oxidation sites excluding steroid dienone is 2. The lowest BCUT2D eigenvalue weighted by Gasteiger charge is -2.07. The maximum atomic E-state index is 10.7. The third-order valence-electron chi connectivity index (χ3n) is 2.10. The van der Waals surface area contributed by atoms with Crippen LogP contribution in [0.3, 0.4) is 0 Å². The number of hydrogen-bond acceptors (Lipinski definition) is 4. The SMILES string of the molecule is CC(=N)/C(=C(/C)O)c1ccc([SH](=O)=O)cc1. The first-order valence-corrected chi connectivity index (χ1v) is 5.81. The molecule has 0 radical (unpaired) electrons. The van der Waals surface area contributed by atoms with Crippen LogP contribution in [0.2, 0.25) is 0 Å². The molecule has 0 aliphatic rings. The third kappa shape index (κ3) is 2.70. The Morgan fingerprint density at radius 1 is 1.19 bits per heavy atom. The van der Waals surface area contributed by atoms with Crippen molar-refractivity contribution in [3.8, 4) is 0 Å². The van der Waals surface area contributed by atoms with Crippen LogP contribution in [0, 0.1) is 5.41 Å². The van der Waals surface area contributed by atoms with Gasteiger partial charge < -0.3 is 10.5 Å². The number of hydrogen-bond donors (Lipinski definition) is 3. The van der Waals surface area contributed by atoms with Crippen molar-refractivity contribution in [2.75, 3.05) is 0 Å². The van der Waals surface area contributed by atoms with Crippen molar-refractivity contribution in [3.05, 3.63) is 35.6 Å². The molecule has 2 N–H and O–H groups in total. The van der Waals surface area contributed by atoms with Crippen LogP contribution in [0.5, 0.6) is 0 Å². The summed E-state index contributed by atoms with van der Waals surface area (Å²) in [5.41, 5.74) is 1.29. The number of nitrogens with one attached hydrogen (secondary N) is 1. The minimum Gasteiger partial charge on any atom is -0.512 e. The molecule has 0 unspecified atom stereocenters. The molecule has 86 valence electrons. The molecule has 1 rings (SSSR count). The maximum absolute atomic E-state index is 10.7. The van der Waals surface area contributed by atoms with E-state index in [9.17, 15) is 13.5 Å². The van der Waals surface area contributed by atoms with E-state index in [1.807, 2.05) is 0 Å². The van der Waals surface area contributed by atoms with E-state index in [2.05, 4.69) is 0 Å². The number of benzene rings is 1. The second kappa shape index (κ2) is 4.94. The van der Waals surface area contributed by atoms with Crippen molar-refractivity contribution in [1.82, 2.24) is 0 Å². The number of aliphatic hydroxyl groups excluding tert-OH is 1. The summed E-state index contributed by atoms with van der Waals surface area (Å²) in [6, 6.07) is 6.06. The quantitative estimate of drug-likeness (QED) is 0.429. The monoisotopic (exact) mass is 239 g/mol. The van der Waals surface area contributed by atoms with Crippen molar-refractivity contribution in [2.45, 2.75) is 18.7 Å². The number of aliphatic hydroxyl groups is 1. The Hall–Kier alpha value is -1.62. The van der Waals surface area contributed by atoms with Crippen molar-refractivity contribution in [2.24, 2.45) is 0 Å². The fraction of sp³-hybridized carbons (Fsp3) is 0.182. The van der Waals surface area contributed by atoms with Crippen LogP contribution in [-0.4, -0.2) is 19.2 Å². The van der Waals surface area contributed by atoms with E-state index >= 15 is 0 Å². The third-order valence-corrected chi connectivity index (χ3v) is 2.82. The summed E-state index contributed by atoms with van der Waals surface area (Å²) in [6.45, 7) is 3.06. The summed E-state index contributed by atoms with van der Waals surface area (Å²) in [7, 11) is -2.59. The highest BCUT2D eigenvalue weighted by Crippen LogP contribution is 2.19. The van der Waals surface area contributed by atoms with E-state index in [0.717, 1.165) is 0 Å². The average molecular weight is 239 g/mol. The maximum Gasteiger partial charge on any atom is 0.168 e. The van der Waals surface area contributed by atoms with Crippen LogP contribution in [0.15, 0.2) is 34.9 Å². The predicted molar refractivity (Wildman–Crippen MR) is 63.6 cm³/mol. The molecule has 0 amide bonds. The van der Waals surface area contributed by atoms with Crippen LogP contribution in [-0.2, 0) is 10.7 Å². The summed E-state index contributed by atoms with van der Waals surface area (Å²) >= 11 is 0. The summed E-state index contributed by atoms with van der Waals surface area (Å²) in [5.74, 6) is 0.0479. The standard InChI is InChI=1S/C11H13NO3S/c1-7(12)11(8(2)13)9-3-5-10(6-4-9)16(14)15/h3-6,12-13,16H,1-2H3/b11-8+,12-7?. The van der Waals surface area contributed by atoms with Gasteiger partial charge in [-0.15, -0.1) is 0 Å². The first-order chi connectivity index (χ1) is 7.43. The van der Waals surface area contributed by atoms with Gasteiger partial charge in [-0.1, -0.05) is 12.1 Å². The zero-order chi connectivity index (χ0) is 12.3. The van der Waals surface area contributed by atoms with Crippen molar-refractivity contribution in [1.29, 1.82) is 5.41 Å². The fourth-order valence-corrected chi connectivity index (χ4v) is 1.84. The van der Waals surface area contributed by atoms with Crippen LogP contribution in [0.1, 0.15) is 19.4 Å². The van der Waals surface area contributed by atoms with E-state index in [0.29, 0.717) is 11.1 Å². The molecule has 0 saturated carbocycles. The zero-order valence-corrected chi connectivity index (χ0v) is 9.91. The van der Waals surface area contributed by atoms with Gasteiger partial charge in [0.1, 0.15) is 0 Å². The van der Waals surface area contributed by atoms with E-state index in [4.69, 9.17) is 5.41 Å². The Balaban J connectivity index is 3.25. The van der Waals surface area contributed by atoms with Crippen molar-refractivity contribution in [3.63, 3.8) is 0 Å². The van der Waals surface area contributed by atoms with Crippen molar-refractivity contribution < 1.29 is 13.5 Å². The Bertz CT molecular complexity index is 501. The Morgan fingerprint density at radius 3 is 2.00 bits per heavy atom.